The summed E-state index contributed by atoms with van der Waals surface area (Å²) in [5.74, 6) is 1.35. The number of hydrogen-bond donors (Lipinski definition) is 0. The van der Waals surface area contributed by atoms with E-state index in [1.54, 1.807) is 37.3 Å². The van der Waals surface area contributed by atoms with Gasteiger partial charge in [-0.25, -0.2) is 0 Å². The Morgan fingerprint density at radius 3 is 2.55 bits per heavy atom. The second-order valence-electron chi connectivity index (χ2n) is 7.43. The number of hydrogen-bond acceptors (Lipinski definition) is 7. The van der Waals surface area contributed by atoms with Crippen LogP contribution in [0.1, 0.15) is 18.9 Å². The molecule has 4 aromatic rings. The van der Waals surface area contributed by atoms with Crippen LogP contribution in [0.2, 0.25) is 0 Å². The molecule has 0 unspecified atom stereocenters. The summed E-state index contributed by atoms with van der Waals surface area (Å²) >= 11 is 4.65. The van der Waals surface area contributed by atoms with E-state index in [9.17, 15) is 9.59 Å². The Hall–Kier alpha value is -3.24. The first kappa shape index (κ1) is 21.6. The number of methoxy groups -OCH3 is 2. The van der Waals surface area contributed by atoms with Crippen LogP contribution in [0.3, 0.4) is 0 Å². The van der Waals surface area contributed by atoms with E-state index in [0.29, 0.717) is 44.5 Å². The fourth-order valence-electron chi connectivity index (χ4n) is 3.95. The minimum Gasteiger partial charge on any atom is -0.493 e. The standard InChI is InChI=1S/C23H19BrN4O4S/c1-4-9-27-15-7-6-13(24)11-14(15)18(21(27)29)19-22(30)28-23(33-19)25-20(26-28)12-5-8-16(31-2)17(10-12)32-3/h5-8,10-11H,4,9H2,1-3H3/b19-18-. The van der Waals surface area contributed by atoms with Gasteiger partial charge in [0.15, 0.2) is 17.3 Å². The van der Waals surface area contributed by atoms with Gasteiger partial charge in [-0.1, -0.05) is 34.2 Å². The first-order valence-corrected chi connectivity index (χ1v) is 11.9. The molecule has 0 N–H and O–H groups in total. The number of rotatable bonds is 5. The predicted octanol–water partition coefficient (Wildman–Crippen LogP) is 3.27. The first-order valence-electron chi connectivity index (χ1n) is 10.2. The van der Waals surface area contributed by atoms with E-state index in [-0.39, 0.29) is 11.5 Å². The number of halogens is 1. The molecule has 0 atom stereocenters. The van der Waals surface area contributed by atoms with Crippen LogP contribution in [0.25, 0.3) is 21.9 Å². The number of aromatic nitrogens is 3. The van der Waals surface area contributed by atoms with Crippen molar-refractivity contribution in [2.75, 3.05) is 25.7 Å². The van der Waals surface area contributed by atoms with Gasteiger partial charge < -0.3 is 14.4 Å². The predicted molar refractivity (Wildman–Crippen MR) is 130 cm³/mol. The zero-order valence-electron chi connectivity index (χ0n) is 18.1. The molecule has 2 aromatic heterocycles. The largest absolute Gasteiger partial charge is 0.493 e. The van der Waals surface area contributed by atoms with Crippen LogP contribution in [0, 0.1) is 0 Å². The summed E-state index contributed by atoms with van der Waals surface area (Å²) in [5.41, 5.74) is 2.28. The number of thiazole rings is 1. The lowest BCUT2D eigenvalue weighted by Crippen LogP contribution is -2.32. The van der Waals surface area contributed by atoms with E-state index in [4.69, 9.17) is 9.47 Å². The van der Waals surface area contributed by atoms with E-state index in [1.807, 2.05) is 25.1 Å². The van der Waals surface area contributed by atoms with Gasteiger partial charge >= 0.3 is 0 Å². The van der Waals surface area contributed by atoms with Gasteiger partial charge in [-0.2, -0.15) is 9.50 Å². The third-order valence-electron chi connectivity index (χ3n) is 5.45. The van der Waals surface area contributed by atoms with Crippen LogP contribution in [-0.2, 0) is 4.79 Å². The van der Waals surface area contributed by atoms with Crippen molar-refractivity contribution in [3.05, 3.63) is 61.3 Å². The molecule has 10 heteroatoms. The van der Waals surface area contributed by atoms with Gasteiger partial charge in [0.05, 0.1) is 25.5 Å². The highest BCUT2D eigenvalue weighted by atomic mass is 79.9. The number of carbonyl (C=O) groups is 1. The highest BCUT2D eigenvalue weighted by Gasteiger charge is 2.34. The summed E-state index contributed by atoms with van der Waals surface area (Å²) in [4.78, 5) is 33.3. The number of carbonyl (C=O) groups excluding carboxylic acids is 1. The number of benzene rings is 2. The number of ether oxygens (including phenoxy) is 2. The molecule has 33 heavy (non-hydrogen) atoms. The second kappa shape index (κ2) is 8.27. The Bertz CT molecular complexity index is 1530. The van der Waals surface area contributed by atoms with Crippen LogP contribution in [0.4, 0.5) is 5.69 Å². The highest BCUT2D eigenvalue weighted by molar-refractivity contribution is 9.10. The SMILES string of the molecule is CCCN1C(=O)/C(=c2\sc3nc(-c4ccc(OC)c(OC)c4)nn3c2=O)c2cc(Br)ccc21. The van der Waals surface area contributed by atoms with Gasteiger partial charge in [-0.15, -0.1) is 5.10 Å². The molecule has 3 heterocycles. The fourth-order valence-corrected chi connectivity index (χ4v) is 5.31. The van der Waals surface area contributed by atoms with E-state index in [0.717, 1.165) is 22.1 Å². The Kier molecular flexibility index (Phi) is 5.41. The molecule has 168 valence electrons. The Labute approximate surface area is 201 Å². The lowest BCUT2D eigenvalue weighted by molar-refractivity contribution is -0.113. The maximum absolute atomic E-state index is 13.3. The van der Waals surface area contributed by atoms with Crippen molar-refractivity contribution in [2.45, 2.75) is 13.3 Å². The molecule has 2 aromatic carbocycles. The summed E-state index contributed by atoms with van der Waals surface area (Å²) in [5, 5.41) is 4.42. The molecule has 0 spiro atoms. The lowest BCUT2D eigenvalue weighted by Gasteiger charge is -2.15. The zero-order valence-corrected chi connectivity index (χ0v) is 20.5. The quantitative estimate of drug-likeness (QED) is 0.396. The van der Waals surface area contributed by atoms with Crippen molar-refractivity contribution in [3.8, 4) is 22.9 Å². The van der Waals surface area contributed by atoms with Crippen molar-refractivity contribution in [3.63, 3.8) is 0 Å². The summed E-state index contributed by atoms with van der Waals surface area (Å²) in [6.45, 7) is 2.59. The van der Waals surface area contributed by atoms with Crippen LogP contribution < -0.4 is 24.5 Å². The molecular formula is C23H19BrN4O4S. The summed E-state index contributed by atoms with van der Waals surface area (Å²) in [6, 6.07) is 11.0. The van der Waals surface area contributed by atoms with Crippen LogP contribution >= 0.6 is 27.3 Å². The second-order valence-corrected chi connectivity index (χ2v) is 9.32. The lowest BCUT2D eigenvalue weighted by atomic mass is 10.1. The molecule has 0 saturated heterocycles. The van der Waals surface area contributed by atoms with Gasteiger partial charge in [0.2, 0.25) is 4.96 Å². The minimum atomic E-state index is -0.359. The monoisotopic (exact) mass is 526 g/mol. The Morgan fingerprint density at radius 2 is 1.85 bits per heavy atom. The molecule has 0 fully saturated rings. The van der Waals surface area contributed by atoms with Crippen molar-refractivity contribution in [1.82, 2.24) is 14.6 Å². The Balaban J connectivity index is 1.68. The van der Waals surface area contributed by atoms with Gasteiger partial charge in [-0.05, 0) is 42.8 Å². The topological polar surface area (TPSA) is 86.0 Å². The summed E-state index contributed by atoms with van der Waals surface area (Å²) in [7, 11) is 3.12. The minimum absolute atomic E-state index is 0.174. The molecular weight excluding hydrogens is 508 g/mol. The number of anilines is 1. The molecule has 0 bridgehead atoms. The third-order valence-corrected chi connectivity index (χ3v) is 6.97. The molecule has 0 saturated carbocycles. The van der Waals surface area contributed by atoms with E-state index in [2.05, 4.69) is 26.0 Å². The molecule has 1 aliphatic heterocycles. The molecule has 0 radical (unpaired) electrons. The smallest absolute Gasteiger partial charge is 0.291 e. The maximum Gasteiger partial charge on any atom is 0.291 e. The summed E-state index contributed by atoms with van der Waals surface area (Å²) in [6.07, 6.45) is 0.808. The van der Waals surface area contributed by atoms with E-state index in [1.165, 1.54) is 15.9 Å². The van der Waals surface area contributed by atoms with Crippen molar-refractivity contribution in [2.24, 2.45) is 0 Å². The summed E-state index contributed by atoms with van der Waals surface area (Å²) < 4.78 is 13.1. The van der Waals surface area contributed by atoms with Crippen LogP contribution in [0.15, 0.2) is 45.7 Å². The fraction of sp³-hybridized carbons (Fsp3) is 0.217. The maximum atomic E-state index is 13.3. The molecule has 1 amide bonds. The normalized spacial score (nSPS) is 14.8. The first-order chi connectivity index (χ1) is 16.0. The molecule has 0 aliphatic carbocycles. The zero-order chi connectivity index (χ0) is 23.3. The molecule has 1 aliphatic rings. The van der Waals surface area contributed by atoms with Crippen LogP contribution in [0.5, 0.6) is 11.5 Å². The number of nitrogens with zero attached hydrogens (tertiary/aromatic N) is 4. The number of fused-ring (bicyclic) bond motifs is 2. The average molecular weight is 527 g/mol. The highest BCUT2D eigenvalue weighted by Crippen LogP contribution is 2.37. The van der Waals surface area contributed by atoms with Gasteiger partial charge in [0.1, 0.15) is 4.53 Å². The van der Waals surface area contributed by atoms with Crippen molar-refractivity contribution < 1.29 is 14.3 Å². The molecule has 5 rings (SSSR count). The average Bonchev–Trinajstić information content (AvgIpc) is 3.44. The van der Waals surface area contributed by atoms with Crippen molar-refractivity contribution >= 4 is 49.4 Å². The van der Waals surface area contributed by atoms with Gasteiger partial charge in [0, 0.05) is 22.1 Å². The molecule has 8 nitrogen and oxygen atoms in total. The van der Waals surface area contributed by atoms with Crippen LogP contribution in [-0.4, -0.2) is 41.3 Å². The van der Waals surface area contributed by atoms with E-state index >= 15 is 0 Å². The van der Waals surface area contributed by atoms with Gasteiger partial charge in [0.25, 0.3) is 11.5 Å². The Morgan fingerprint density at radius 1 is 1.06 bits per heavy atom. The van der Waals surface area contributed by atoms with Gasteiger partial charge in [-0.3, -0.25) is 9.59 Å². The number of amides is 1. The third kappa shape index (κ3) is 3.41. The van der Waals surface area contributed by atoms with E-state index < -0.39 is 0 Å². The van der Waals surface area contributed by atoms with Crippen molar-refractivity contribution in [1.29, 1.82) is 0 Å².